The zero-order valence-electron chi connectivity index (χ0n) is 28.0. The van der Waals surface area contributed by atoms with Crippen molar-refractivity contribution in [3.63, 3.8) is 0 Å². The Morgan fingerprint density at radius 3 is 1.31 bits per heavy atom. The third kappa shape index (κ3) is 27.3. The molecule has 0 aromatic carbocycles. The van der Waals surface area contributed by atoms with Gasteiger partial charge >= 0.3 is 11.9 Å². The lowest BCUT2D eigenvalue weighted by Gasteiger charge is -2.22. The van der Waals surface area contributed by atoms with Crippen LogP contribution in [0.5, 0.6) is 0 Å². The van der Waals surface area contributed by atoms with Gasteiger partial charge in [-0.15, -0.1) is 0 Å². The quantitative estimate of drug-likeness (QED) is 0.0596. The summed E-state index contributed by atoms with van der Waals surface area (Å²) in [6.07, 6.45) is 30.1. The standard InChI is InChI=1S/C36H69NO5/c1-4-7-10-13-15-16-17-18-19-20-22-24-27-30-34(38)37-33(31-35(39)40)36(41)42-32(28-25-12-9-6-3)29-26-23-21-14-11-8-5-2/h32-33H,4-31H2,1-3H3,(H,37,38)(H,39,40)/t32?,33-/m0/s1. The van der Waals surface area contributed by atoms with Gasteiger partial charge in [-0.25, -0.2) is 4.79 Å². The zero-order valence-corrected chi connectivity index (χ0v) is 28.0. The van der Waals surface area contributed by atoms with E-state index >= 15 is 0 Å². The van der Waals surface area contributed by atoms with Crippen molar-refractivity contribution >= 4 is 17.8 Å². The molecule has 2 atom stereocenters. The molecule has 0 heterocycles. The van der Waals surface area contributed by atoms with Crippen molar-refractivity contribution in [2.75, 3.05) is 0 Å². The number of amides is 1. The van der Waals surface area contributed by atoms with Crippen molar-refractivity contribution in [1.82, 2.24) is 5.32 Å². The summed E-state index contributed by atoms with van der Waals surface area (Å²) in [5.74, 6) is -1.96. The van der Waals surface area contributed by atoms with Crippen LogP contribution in [0.25, 0.3) is 0 Å². The van der Waals surface area contributed by atoms with E-state index < -0.39 is 24.4 Å². The van der Waals surface area contributed by atoms with Crippen molar-refractivity contribution in [2.45, 2.75) is 213 Å². The predicted octanol–water partition coefficient (Wildman–Crippen LogP) is 10.5. The Morgan fingerprint density at radius 1 is 0.548 bits per heavy atom. The summed E-state index contributed by atoms with van der Waals surface area (Å²) >= 11 is 0. The summed E-state index contributed by atoms with van der Waals surface area (Å²) in [5.41, 5.74) is 0. The molecular formula is C36H69NO5. The van der Waals surface area contributed by atoms with Crippen LogP contribution in [0, 0.1) is 0 Å². The van der Waals surface area contributed by atoms with E-state index in [1.165, 1.54) is 96.3 Å². The summed E-state index contributed by atoms with van der Waals surface area (Å²) in [6.45, 7) is 6.65. The van der Waals surface area contributed by atoms with Gasteiger partial charge in [0, 0.05) is 6.42 Å². The van der Waals surface area contributed by atoms with E-state index in [0.29, 0.717) is 6.42 Å². The van der Waals surface area contributed by atoms with Gasteiger partial charge < -0.3 is 15.2 Å². The first-order chi connectivity index (χ1) is 20.4. The second-order valence-electron chi connectivity index (χ2n) is 12.5. The normalized spacial score (nSPS) is 12.6. The highest BCUT2D eigenvalue weighted by molar-refractivity contribution is 5.87. The van der Waals surface area contributed by atoms with Gasteiger partial charge in [-0.1, -0.05) is 156 Å². The molecule has 248 valence electrons. The molecule has 0 aromatic heterocycles. The minimum atomic E-state index is -1.12. The summed E-state index contributed by atoms with van der Waals surface area (Å²) < 4.78 is 5.84. The Bertz CT molecular complexity index is 638. The molecule has 0 bridgehead atoms. The molecule has 1 amide bonds. The number of ether oxygens (including phenoxy) is 1. The predicted molar refractivity (Wildman–Crippen MR) is 176 cm³/mol. The van der Waals surface area contributed by atoms with Crippen LogP contribution in [-0.2, 0) is 19.1 Å². The van der Waals surface area contributed by atoms with Crippen LogP contribution in [0.4, 0.5) is 0 Å². The van der Waals surface area contributed by atoms with Gasteiger partial charge in [0.15, 0.2) is 0 Å². The smallest absolute Gasteiger partial charge is 0.329 e. The van der Waals surface area contributed by atoms with Gasteiger partial charge in [0.2, 0.25) is 5.91 Å². The molecule has 0 saturated heterocycles. The van der Waals surface area contributed by atoms with Gasteiger partial charge in [-0.2, -0.15) is 0 Å². The number of hydrogen-bond donors (Lipinski definition) is 2. The van der Waals surface area contributed by atoms with Crippen molar-refractivity contribution < 1.29 is 24.2 Å². The van der Waals surface area contributed by atoms with Crippen molar-refractivity contribution in [2.24, 2.45) is 0 Å². The Morgan fingerprint density at radius 2 is 0.905 bits per heavy atom. The van der Waals surface area contributed by atoms with Crippen molar-refractivity contribution in [3.8, 4) is 0 Å². The number of aliphatic carboxylic acids is 1. The van der Waals surface area contributed by atoms with Crippen LogP contribution in [-0.4, -0.2) is 35.1 Å². The number of carbonyl (C=O) groups is 3. The third-order valence-corrected chi connectivity index (χ3v) is 8.30. The van der Waals surface area contributed by atoms with Gasteiger partial charge in [0.25, 0.3) is 0 Å². The first kappa shape index (κ1) is 40.4. The fraction of sp³-hybridized carbons (Fsp3) is 0.917. The number of rotatable bonds is 32. The Hall–Kier alpha value is -1.59. The number of esters is 1. The lowest BCUT2D eigenvalue weighted by atomic mass is 10.0. The molecule has 0 radical (unpaired) electrons. The number of unbranched alkanes of at least 4 members (excludes halogenated alkanes) is 21. The SMILES string of the molecule is CCCCCCCCCCCCCCCC(=O)N[C@@H](CC(=O)O)C(=O)OC(CCCCCC)CCCCCCCCC. The van der Waals surface area contributed by atoms with Crippen LogP contribution in [0.15, 0.2) is 0 Å². The zero-order chi connectivity index (χ0) is 31.1. The van der Waals surface area contributed by atoms with Crippen LogP contribution in [0.1, 0.15) is 201 Å². The first-order valence-corrected chi connectivity index (χ1v) is 18.2. The summed E-state index contributed by atoms with van der Waals surface area (Å²) in [5, 5.41) is 12.1. The average Bonchev–Trinajstić information content (AvgIpc) is 2.96. The van der Waals surface area contributed by atoms with E-state index in [1.807, 2.05) is 0 Å². The number of carbonyl (C=O) groups excluding carboxylic acids is 2. The maximum absolute atomic E-state index is 13.0. The van der Waals surface area contributed by atoms with E-state index in [0.717, 1.165) is 70.6 Å². The summed E-state index contributed by atoms with van der Waals surface area (Å²) in [7, 11) is 0. The Balaban J connectivity index is 4.41. The minimum Gasteiger partial charge on any atom is -0.481 e. The van der Waals surface area contributed by atoms with Crippen molar-refractivity contribution in [3.05, 3.63) is 0 Å². The van der Waals surface area contributed by atoms with E-state index in [2.05, 4.69) is 26.1 Å². The lowest BCUT2D eigenvalue weighted by Crippen LogP contribution is -2.44. The molecular weight excluding hydrogens is 526 g/mol. The number of nitrogens with one attached hydrogen (secondary N) is 1. The third-order valence-electron chi connectivity index (χ3n) is 8.30. The van der Waals surface area contributed by atoms with Gasteiger partial charge in [-0.05, 0) is 32.1 Å². The fourth-order valence-electron chi connectivity index (χ4n) is 5.57. The molecule has 42 heavy (non-hydrogen) atoms. The molecule has 0 fully saturated rings. The van der Waals surface area contributed by atoms with E-state index in [1.54, 1.807) is 0 Å². The molecule has 0 spiro atoms. The first-order valence-electron chi connectivity index (χ1n) is 18.2. The topological polar surface area (TPSA) is 92.7 Å². The van der Waals surface area contributed by atoms with Crippen LogP contribution >= 0.6 is 0 Å². The monoisotopic (exact) mass is 596 g/mol. The molecule has 0 aliphatic carbocycles. The molecule has 0 saturated carbocycles. The summed E-state index contributed by atoms with van der Waals surface area (Å²) in [4.78, 5) is 37.1. The molecule has 0 aliphatic rings. The van der Waals surface area contributed by atoms with Gasteiger partial charge in [0.05, 0.1) is 6.42 Å². The maximum atomic E-state index is 13.0. The van der Waals surface area contributed by atoms with E-state index in [4.69, 9.17) is 4.74 Å². The molecule has 6 nitrogen and oxygen atoms in total. The van der Waals surface area contributed by atoms with E-state index in [9.17, 15) is 19.5 Å². The molecule has 0 aliphatic heterocycles. The number of carboxylic acids is 1. The highest BCUT2D eigenvalue weighted by Crippen LogP contribution is 2.18. The maximum Gasteiger partial charge on any atom is 0.329 e. The summed E-state index contributed by atoms with van der Waals surface area (Å²) in [6, 6.07) is -1.12. The highest BCUT2D eigenvalue weighted by Gasteiger charge is 2.27. The molecule has 2 N–H and O–H groups in total. The van der Waals surface area contributed by atoms with Crippen LogP contribution in [0.3, 0.4) is 0 Å². The fourth-order valence-corrected chi connectivity index (χ4v) is 5.57. The van der Waals surface area contributed by atoms with Gasteiger partial charge in [0.1, 0.15) is 12.1 Å². The lowest BCUT2D eigenvalue weighted by molar-refractivity contribution is -0.156. The number of carboxylic acid groups (broad SMARTS) is 1. The highest BCUT2D eigenvalue weighted by atomic mass is 16.5. The second-order valence-corrected chi connectivity index (χ2v) is 12.5. The van der Waals surface area contributed by atoms with E-state index in [-0.39, 0.29) is 12.0 Å². The largest absolute Gasteiger partial charge is 0.481 e. The molecule has 1 unspecified atom stereocenters. The molecule has 6 heteroatoms. The Labute approximate surface area is 259 Å². The minimum absolute atomic E-state index is 0.209. The Kier molecular flexibility index (Phi) is 29.7. The average molecular weight is 596 g/mol. The second kappa shape index (κ2) is 30.9. The van der Waals surface area contributed by atoms with Crippen LogP contribution in [0.2, 0.25) is 0 Å². The number of hydrogen-bond acceptors (Lipinski definition) is 4. The molecule has 0 aromatic rings. The van der Waals surface area contributed by atoms with Gasteiger partial charge in [-0.3, -0.25) is 9.59 Å². The molecule has 0 rings (SSSR count). The van der Waals surface area contributed by atoms with Crippen LogP contribution < -0.4 is 5.32 Å². The van der Waals surface area contributed by atoms with Crippen molar-refractivity contribution in [1.29, 1.82) is 0 Å².